The number of pyridine rings is 1. The zero-order valence-corrected chi connectivity index (χ0v) is 26.6. The summed E-state index contributed by atoms with van der Waals surface area (Å²) in [5.41, 5.74) is -0.843. The van der Waals surface area contributed by atoms with Crippen molar-refractivity contribution in [3.8, 4) is 17.0 Å². The van der Waals surface area contributed by atoms with Crippen molar-refractivity contribution < 1.29 is 31.9 Å². The molecule has 0 bridgehead atoms. The van der Waals surface area contributed by atoms with Crippen LogP contribution < -0.4 is 15.0 Å². The maximum atomic E-state index is 16.7. The van der Waals surface area contributed by atoms with Gasteiger partial charge in [-0.2, -0.15) is 13.2 Å². The first-order valence-corrected chi connectivity index (χ1v) is 15.6. The molecule has 2 aliphatic heterocycles. The first-order valence-electron chi connectivity index (χ1n) is 15.3. The molecule has 3 heterocycles. The van der Waals surface area contributed by atoms with Crippen LogP contribution in [0.3, 0.4) is 0 Å². The van der Waals surface area contributed by atoms with E-state index in [9.17, 15) is 22.8 Å². The number of carbonyl (C=O) groups is 2. The van der Waals surface area contributed by atoms with E-state index in [1.54, 1.807) is 37.4 Å². The Kier molecular flexibility index (Phi) is 10.1. The van der Waals surface area contributed by atoms with Crippen LogP contribution in [0.15, 0.2) is 48.7 Å². The van der Waals surface area contributed by atoms with Crippen molar-refractivity contribution in [2.75, 3.05) is 51.3 Å². The van der Waals surface area contributed by atoms with Gasteiger partial charge in [0.15, 0.2) is 0 Å². The summed E-state index contributed by atoms with van der Waals surface area (Å²) < 4.78 is 63.7. The third-order valence-corrected chi connectivity index (χ3v) is 8.72. The minimum absolute atomic E-state index is 0.0597. The Balaban J connectivity index is 1.50. The maximum absolute atomic E-state index is 16.7. The number of benzene rings is 2. The molecule has 5 rings (SSSR count). The number of likely N-dealkylation sites (N-methyl/N-ethyl adjacent to an activating group) is 1. The van der Waals surface area contributed by atoms with Gasteiger partial charge in [-0.15, -0.1) is 0 Å². The smallest absolute Gasteiger partial charge is 0.417 e. The van der Waals surface area contributed by atoms with Crippen molar-refractivity contribution >= 4 is 29.1 Å². The van der Waals surface area contributed by atoms with Gasteiger partial charge in [0.05, 0.1) is 29.0 Å². The molecule has 2 amide bonds. The standard InChI is InChI=1S/C33H36ClF4N5O3/c1-4-22-19-42(32(45)25-9-8-20(34)17-26(25)33(36,37)38)15-16-43(22)27-11-10-23(24-7-6-13-39-31(24)46-5-2)29(35)28(27)30(44)40-21-12-14-41(3)18-21/h6-11,13,17,21-22H,4-5,12,14-16,18-19H2,1-3H3,(H,40,44)/t21-,22+/m0/s1. The monoisotopic (exact) mass is 661 g/mol. The molecule has 0 radical (unpaired) electrons. The van der Waals surface area contributed by atoms with Crippen LogP contribution in [0.1, 0.15) is 53.0 Å². The second kappa shape index (κ2) is 13.8. The molecule has 2 aromatic carbocycles. The number of ether oxygens (including phenoxy) is 1. The van der Waals surface area contributed by atoms with Gasteiger partial charge < -0.3 is 24.8 Å². The van der Waals surface area contributed by atoms with Crippen molar-refractivity contribution in [3.05, 3.63) is 76.2 Å². The molecule has 2 saturated heterocycles. The van der Waals surface area contributed by atoms with Crippen LogP contribution in [-0.4, -0.2) is 85.1 Å². The molecular formula is C33H36ClF4N5O3. The van der Waals surface area contributed by atoms with E-state index in [2.05, 4.69) is 15.2 Å². The topological polar surface area (TPSA) is 78.0 Å². The molecule has 3 aromatic rings. The second-order valence-electron chi connectivity index (χ2n) is 11.5. The van der Waals surface area contributed by atoms with Gasteiger partial charge in [0.2, 0.25) is 5.88 Å². The van der Waals surface area contributed by atoms with Gasteiger partial charge in [0.25, 0.3) is 11.8 Å². The zero-order valence-electron chi connectivity index (χ0n) is 25.8. The lowest BCUT2D eigenvalue weighted by atomic mass is 9.97. The molecule has 2 aliphatic rings. The van der Waals surface area contributed by atoms with E-state index in [-0.39, 0.29) is 47.7 Å². The summed E-state index contributed by atoms with van der Waals surface area (Å²) in [6, 6.07) is 9.12. The van der Waals surface area contributed by atoms with Crippen LogP contribution in [0.4, 0.5) is 23.2 Å². The lowest BCUT2D eigenvalue weighted by molar-refractivity contribution is -0.138. The summed E-state index contributed by atoms with van der Waals surface area (Å²) in [4.78, 5) is 36.9. The quantitative estimate of drug-likeness (QED) is 0.293. The fraction of sp³-hybridized carbons (Fsp3) is 0.424. The number of alkyl halides is 3. The Morgan fingerprint density at radius 3 is 2.52 bits per heavy atom. The predicted octanol–water partition coefficient (Wildman–Crippen LogP) is 6.13. The van der Waals surface area contributed by atoms with Crippen molar-refractivity contribution in [1.82, 2.24) is 20.1 Å². The molecular weight excluding hydrogens is 626 g/mol. The van der Waals surface area contributed by atoms with Crippen LogP contribution in [0.25, 0.3) is 11.1 Å². The summed E-state index contributed by atoms with van der Waals surface area (Å²) in [7, 11) is 1.95. The normalized spacial score (nSPS) is 19.0. The van der Waals surface area contributed by atoms with E-state index < -0.39 is 41.0 Å². The number of carbonyl (C=O) groups excluding carboxylic acids is 2. The summed E-state index contributed by atoms with van der Waals surface area (Å²) in [5.74, 6) is -1.84. The van der Waals surface area contributed by atoms with E-state index >= 15 is 4.39 Å². The number of hydrogen-bond donors (Lipinski definition) is 1. The van der Waals surface area contributed by atoms with Gasteiger partial charge >= 0.3 is 6.18 Å². The van der Waals surface area contributed by atoms with Gasteiger partial charge in [0, 0.05) is 60.6 Å². The minimum atomic E-state index is -4.77. The molecule has 0 aliphatic carbocycles. The minimum Gasteiger partial charge on any atom is -0.478 e. The molecule has 246 valence electrons. The molecule has 46 heavy (non-hydrogen) atoms. The Hall–Kier alpha value is -3.90. The van der Waals surface area contributed by atoms with Crippen LogP contribution in [0.5, 0.6) is 5.88 Å². The summed E-state index contributed by atoms with van der Waals surface area (Å²) in [6.45, 7) is 5.71. The summed E-state index contributed by atoms with van der Waals surface area (Å²) in [6.07, 6.45) is -2.03. The lowest BCUT2D eigenvalue weighted by Crippen LogP contribution is -2.55. The fourth-order valence-corrected chi connectivity index (χ4v) is 6.37. The number of halogens is 5. The molecule has 8 nitrogen and oxygen atoms in total. The Labute approximate surface area is 270 Å². The van der Waals surface area contributed by atoms with Crippen LogP contribution >= 0.6 is 11.6 Å². The Bertz CT molecular complexity index is 1600. The molecule has 0 saturated carbocycles. The maximum Gasteiger partial charge on any atom is 0.417 e. The molecule has 0 unspecified atom stereocenters. The van der Waals surface area contributed by atoms with Gasteiger partial charge in [-0.3, -0.25) is 9.59 Å². The number of rotatable bonds is 8. The molecule has 0 spiro atoms. The Morgan fingerprint density at radius 2 is 1.85 bits per heavy atom. The average Bonchev–Trinajstić information content (AvgIpc) is 3.44. The van der Waals surface area contributed by atoms with Crippen LogP contribution in [-0.2, 0) is 6.18 Å². The lowest BCUT2D eigenvalue weighted by Gasteiger charge is -2.43. The number of anilines is 1. The van der Waals surface area contributed by atoms with Crippen LogP contribution in [0, 0.1) is 5.82 Å². The number of likely N-dealkylation sites (tertiary alicyclic amines) is 1. The highest BCUT2D eigenvalue weighted by Crippen LogP contribution is 2.38. The fourth-order valence-electron chi connectivity index (χ4n) is 6.20. The number of aromatic nitrogens is 1. The number of hydrogen-bond acceptors (Lipinski definition) is 6. The number of nitrogens with one attached hydrogen (secondary N) is 1. The average molecular weight is 662 g/mol. The first-order chi connectivity index (χ1) is 21.9. The number of amides is 2. The first kappa shape index (κ1) is 33.5. The molecule has 2 fully saturated rings. The Morgan fingerprint density at radius 1 is 1.07 bits per heavy atom. The molecule has 2 atom stereocenters. The molecule has 13 heteroatoms. The van der Waals surface area contributed by atoms with Crippen molar-refractivity contribution in [1.29, 1.82) is 0 Å². The highest BCUT2D eigenvalue weighted by Gasteiger charge is 2.39. The highest BCUT2D eigenvalue weighted by molar-refractivity contribution is 6.30. The molecule has 1 N–H and O–H groups in total. The summed E-state index contributed by atoms with van der Waals surface area (Å²) >= 11 is 5.83. The van der Waals surface area contributed by atoms with Crippen molar-refractivity contribution in [2.24, 2.45) is 0 Å². The highest BCUT2D eigenvalue weighted by atomic mass is 35.5. The molecule has 1 aromatic heterocycles. The van der Waals surface area contributed by atoms with Gasteiger partial charge in [-0.05, 0) is 75.8 Å². The van der Waals surface area contributed by atoms with Gasteiger partial charge in [-0.1, -0.05) is 18.5 Å². The van der Waals surface area contributed by atoms with E-state index in [0.717, 1.165) is 25.1 Å². The van der Waals surface area contributed by atoms with E-state index in [1.165, 1.54) is 11.0 Å². The van der Waals surface area contributed by atoms with Crippen LogP contribution in [0.2, 0.25) is 5.02 Å². The second-order valence-corrected chi connectivity index (χ2v) is 12.0. The van der Waals surface area contributed by atoms with E-state index in [1.807, 2.05) is 18.9 Å². The van der Waals surface area contributed by atoms with Crippen molar-refractivity contribution in [2.45, 2.75) is 44.9 Å². The number of nitrogens with zero attached hydrogens (tertiary/aromatic N) is 4. The third kappa shape index (κ3) is 6.92. The zero-order chi connectivity index (χ0) is 33.2. The third-order valence-electron chi connectivity index (χ3n) is 8.48. The van der Waals surface area contributed by atoms with Crippen molar-refractivity contribution in [3.63, 3.8) is 0 Å². The van der Waals surface area contributed by atoms with Gasteiger partial charge in [-0.25, -0.2) is 9.37 Å². The SMILES string of the molecule is CCOc1ncccc1-c1ccc(N2CCN(C(=O)c3ccc(Cl)cc3C(F)(F)F)C[C@H]2CC)c(C(=O)N[C@H]2CCN(C)C2)c1F. The number of piperazine rings is 1. The summed E-state index contributed by atoms with van der Waals surface area (Å²) in [5, 5.41) is 2.87. The van der Waals surface area contributed by atoms with E-state index in [0.29, 0.717) is 30.8 Å². The van der Waals surface area contributed by atoms with Gasteiger partial charge in [0.1, 0.15) is 5.82 Å². The van der Waals surface area contributed by atoms with E-state index in [4.69, 9.17) is 16.3 Å². The largest absolute Gasteiger partial charge is 0.478 e. The predicted molar refractivity (Wildman–Crippen MR) is 168 cm³/mol.